The van der Waals surface area contributed by atoms with E-state index in [4.69, 9.17) is 4.74 Å². The van der Waals surface area contributed by atoms with Gasteiger partial charge in [0.25, 0.3) is 0 Å². The van der Waals surface area contributed by atoms with Crippen LogP contribution in [0.1, 0.15) is 40.2 Å². The molecule has 9 heteroatoms. The highest BCUT2D eigenvalue weighted by atomic mass is 32.5. The van der Waals surface area contributed by atoms with Crippen LogP contribution >= 0.6 is 10.2 Å². The molecular formula is C14H20F6O2S. The van der Waals surface area contributed by atoms with Crippen LogP contribution in [0.5, 0.6) is 0 Å². The fourth-order valence-corrected chi connectivity index (χ4v) is 2.10. The predicted molar refractivity (Wildman–Crippen MR) is 78.7 cm³/mol. The molecule has 0 unspecified atom stereocenters. The lowest BCUT2D eigenvalue weighted by molar-refractivity contribution is -0.153. The van der Waals surface area contributed by atoms with Crippen molar-refractivity contribution in [1.29, 1.82) is 0 Å². The van der Waals surface area contributed by atoms with Crippen molar-refractivity contribution in [1.82, 2.24) is 0 Å². The summed E-state index contributed by atoms with van der Waals surface area (Å²) in [6.45, 7) is 8.66. The SMILES string of the molecule is CC.CC(C)(C)OC(=O)Cc1ccc(S(F)(F)(F)(F)F)cc1F. The Kier molecular flexibility index (Phi) is 5.56. The fourth-order valence-electron chi connectivity index (χ4n) is 1.44. The molecular weight excluding hydrogens is 346 g/mol. The molecule has 0 radical (unpaired) electrons. The summed E-state index contributed by atoms with van der Waals surface area (Å²) < 4.78 is 80.8. The number of carbonyl (C=O) groups is 1. The number of hydrogen-bond donors (Lipinski definition) is 0. The summed E-state index contributed by atoms with van der Waals surface area (Å²) in [4.78, 5) is 9.10. The molecule has 0 aliphatic heterocycles. The molecule has 136 valence electrons. The second-order valence-electron chi connectivity index (χ2n) is 5.49. The lowest BCUT2D eigenvalue weighted by Gasteiger charge is -2.40. The zero-order chi connectivity index (χ0) is 18.8. The molecule has 0 heterocycles. The highest BCUT2D eigenvalue weighted by molar-refractivity contribution is 8.45. The molecule has 0 spiro atoms. The van der Waals surface area contributed by atoms with E-state index in [0.29, 0.717) is 6.07 Å². The Hall–Kier alpha value is -1.38. The largest absolute Gasteiger partial charge is 0.460 e. The maximum atomic E-state index is 13.5. The summed E-state index contributed by atoms with van der Waals surface area (Å²) in [7, 11) is -9.93. The van der Waals surface area contributed by atoms with Crippen LogP contribution < -0.4 is 0 Å². The Morgan fingerprint density at radius 2 is 1.57 bits per heavy atom. The third-order valence-corrected chi connectivity index (χ3v) is 3.37. The van der Waals surface area contributed by atoms with Gasteiger partial charge in [0.2, 0.25) is 0 Å². The van der Waals surface area contributed by atoms with Gasteiger partial charge in [0.05, 0.1) is 6.42 Å². The molecule has 1 aromatic rings. The highest BCUT2D eigenvalue weighted by Crippen LogP contribution is 3.02. The number of halogens is 6. The normalized spacial score (nSPS) is 14.9. The van der Waals surface area contributed by atoms with Crippen molar-refractivity contribution in [3.05, 3.63) is 29.6 Å². The summed E-state index contributed by atoms with van der Waals surface area (Å²) in [5.41, 5.74) is -1.30. The monoisotopic (exact) mass is 366 g/mol. The van der Waals surface area contributed by atoms with Crippen LogP contribution in [0.2, 0.25) is 0 Å². The van der Waals surface area contributed by atoms with Crippen molar-refractivity contribution in [2.24, 2.45) is 0 Å². The van der Waals surface area contributed by atoms with E-state index in [2.05, 4.69) is 0 Å². The molecule has 0 atom stereocenters. The first kappa shape index (κ1) is 21.6. The molecule has 2 nitrogen and oxygen atoms in total. The van der Waals surface area contributed by atoms with Gasteiger partial charge < -0.3 is 4.74 Å². The molecule has 0 amide bonds. The average molecular weight is 366 g/mol. The molecule has 23 heavy (non-hydrogen) atoms. The summed E-state index contributed by atoms with van der Waals surface area (Å²) in [5.74, 6) is -2.41. The molecule has 0 bridgehead atoms. The van der Waals surface area contributed by atoms with Crippen molar-refractivity contribution in [2.75, 3.05) is 0 Å². The van der Waals surface area contributed by atoms with Gasteiger partial charge in [-0.05, 0) is 38.5 Å². The van der Waals surface area contributed by atoms with Crippen LogP contribution in [0.3, 0.4) is 0 Å². The van der Waals surface area contributed by atoms with Gasteiger partial charge in [-0.2, -0.15) is 0 Å². The Morgan fingerprint density at radius 3 is 1.91 bits per heavy atom. The molecule has 0 aliphatic rings. The van der Waals surface area contributed by atoms with Crippen LogP contribution in [0, 0.1) is 5.82 Å². The molecule has 0 N–H and O–H groups in total. The van der Waals surface area contributed by atoms with Crippen molar-refractivity contribution >= 4 is 16.2 Å². The van der Waals surface area contributed by atoms with Crippen LogP contribution in [0.4, 0.5) is 23.8 Å². The molecule has 0 aliphatic carbocycles. The van der Waals surface area contributed by atoms with E-state index < -0.39 is 44.5 Å². The van der Waals surface area contributed by atoms with Crippen LogP contribution in [0.25, 0.3) is 0 Å². The van der Waals surface area contributed by atoms with Crippen molar-refractivity contribution < 1.29 is 33.4 Å². The number of rotatable bonds is 3. The van der Waals surface area contributed by atoms with Gasteiger partial charge in [-0.25, -0.2) is 4.39 Å². The molecule has 0 saturated carbocycles. The number of carbonyl (C=O) groups excluding carboxylic acids is 1. The number of benzene rings is 1. The highest BCUT2D eigenvalue weighted by Gasteiger charge is 2.65. The van der Waals surface area contributed by atoms with E-state index in [1.165, 1.54) is 0 Å². The van der Waals surface area contributed by atoms with Crippen LogP contribution in [-0.4, -0.2) is 11.6 Å². The summed E-state index contributed by atoms with van der Waals surface area (Å²) in [5, 5.41) is 0. The fraction of sp³-hybridized carbons (Fsp3) is 0.500. The van der Waals surface area contributed by atoms with Gasteiger partial charge in [-0.3, -0.25) is 4.79 Å². The van der Waals surface area contributed by atoms with Gasteiger partial charge in [-0.15, -0.1) is 0 Å². The Morgan fingerprint density at radius 1 is 1.09 bits per heavy atom. The lowest BCUT2D eigenvalue weighted by atomic mass is 10.1. The van der Waals surface area contributed by atoms with Gasteiger partial charge in [0.1, 0.15) is 16.3 Å². The maximum absolute atomic E-state index is 13.5. The first-order valence-corrected chi connectivity index (χ1v) is 8.67. The van der Waals surface area contributed by atoms with E-state index in [9.17, 15) is 28.6 Å². The molecule has 0 saturated heterocycles. The lowest BCUT2D eigenvalue weighted by Crippen LogP contribution is -2.25. The molecule has 1 aromatic carbocycles. The third kappa shape index (κ3) is 7.62. The zero-order valence-electron chi connectivity index (χ0n) is 13.4. The second-order valence-corrected chi connectivity index (χ2v) is 7.89. The standard InChI is InChI=1S/C12H14F6O2S.C2H6/c1-12(2,3)20-11(19)6-8-4-5-9(7-10(8)13)21(14,15,16,17)18;1-2/h4-5,7H,6H2,1-3H3;1-2H3. The van der Waals surface area contributed by atoms with E-state index in [0.717, 1.165) is 0 Å². The maximum Gasteiger partial charge on any atom is 0.310 e. The molecule has 1 rings (SSSR count). The van der Waals surface area contributed by atoms with E-state index in [1.54, 1.807) is 20.8 Å². The summed E-state index contributed by atoms with van der Waals surface area (Å²) >= 11 is 0. The Labute approximate surface area is 131 Å². The van der Waals surface area contributed by atoms with Gasteiger partial charge in [0, 0.05) is 0 Å². The quantitative estimate of drug-likeness (QED) is 0.457. The average Bonchev–Trinajstić information content (AvgIpc) is 2.28. The van der Waals surface area contributed by atoms with Crippen molar-refractivity contribution in [3.63, 3.8) is 0 Å². The minimum absolute atomic E-state index is 0.0599. The number of ether oxygens (including phenoxy) is 1. The van der Waals surface area contributed by atoms with E-state index in [-0.39, 0.29) is 12.1 Å². The zero-order valence-corrected chi connectivity index (χ0v) is 14.2. The first-order valence-electron chi connectivity index (χ1n) is 6.72. The predicted octanol–water partition coefficient (Wildman–Crippen LogP) is 6.39. The topological polar surface area (TPSA) is 26.3 Å². The third-order valence-electron chi connectivity index (χ3n) is 2.22. The minimum Gasteiger partial charge on any atom is -0.460 e. The van der Waals surface area contributed by atoms with Gasteiger partial charge >= 0.3 is 16.2 Å². The van der Waals surface area contributed by atoms with Crippen molar-refractivity contribution in [2.45, 2.75) is 51.5 Å². The summed E-state index contributed by atoms with van der Waals surface area (Å²) in [6.07, 6.45) is -0.649. The van der Waals surface area contributed by atoms with E-state index >= 15 is 0 Å². The van der Waals surface area contributed by atoms with E-state index in [1.807, 2.05) is 13.8 Å². The summed E-state index contributed by atoms with van der Waals surface area (Å²) in [6, 6.07) is 0.262. The second kappa shape index (κ2) is 5.92. The first-order chi connectivity index (χ1) is 9.98. The van der Waals surface area contributed by atoms with Crippen LogP contribution in [-0.2, 0) is 16.0 Å². The number of hydrogen-bond acceptors (Lipinski definition) is 2. The van der Waals surface area contributed by atoms with Crippen LogP contribution in [0.15, 0.2) is 23.1 Å². The molecule has 0 fully saturated rings. The molecule has 0 aromatic heterocycles. The van der Waals surface area contributed by atoms with Gasteiger partial charge in [-0.1, -0.05) is 39.3 Å². The van der Waals surface area contributed by atoms with Crippen molar-refractivity contribution in [3.8, 4) is 0 Å². The minimum atomic E-state index is -9.93. The number of esters is 1. The smallest absolute Gasteiger partial charge is 0.310 e. The Bertz CT molecular complexity index is 575. The van der Waals surface area contributed by atoms with Gasteiger partial charge in [0.15, 0.2) is 0 Å². The Balaban J connectivity index is 0.00000232.